The van der Waals surface area contributed by atoms with Crippen molar-refractivity contribution in [1.82, 2.24) is 9.97 Å². The molecular formula is C21H15ClN4O2. The second-order valence-electron chi connectivity index (χ2n) is 6.11. The number of carbonyl (C=O) groups excluding carboxylic acids is 2. The summed E-state index contributed by atoms with van der Waals surface area (Å²) in [6.07, 6.45) is 1.84. The van der Waals surface area contributed by atoms with Gasteiger partial charge in [-0.2, -0.15) is 0 Å². The molecule has 7 heteroatoms. The molecule has 0 aliphatic heterocycles. The monoisotopic (exact) mass is 390 g/mol. The third kappa shape index (κ3) is 3.87. The van der Waals surface area contributed by atoms with Gasteiger partial charge in [-0.3, -0.25) is 9.59 Å². The zero-order valence-electron chi connectivity index (χ0n) is 14.6. The standard InChI is InChI=1S/C21H15ClN4O2/c22-19-6-2-5-18(26-19)21(28)25-15-4-1-3-14(12-15)20(27)24-16-7-8-17-13(11-16)9-10-23-17/h1-12,23H,(H,24,27)(H,25,28). The molecule has 2 amide bonds. The summed E-state index contributed by atoms with van der Waals surface area (Å²) < 4.78 is 0. The molecule has 0 bridgehead atoms. The predicted octanol–water partition coefficient (Wildman–Crippen LogP) is 4.72. The lowest BCUT2D eigenvalue weighted by Gasteiger charge is -2.09. The third-order valence-electron chi connectivity index (χ3n) is 4.14. The fraction of sp³-hybridized carbons (Fsp3) is 0. The van der Waals surface area contributed by atoms with E-state index in [-0.39, 0.29) is 16.8 Å². The molecule has 0 fully saturated rings. The number of halogens is 1. The SMILES string of the molecule is O=C(Nc1ccc2[nH]ccc2c1)c1cccc(NC(=O)c2cccc(Cl)n2)c1. The minimum atomic E-state index is -0.405. The minimum absolute atomic E-state index is 0.196. The van der Waals surface area contributed by atoms with E-state index in [1.807, 2.05) is 30.5 Å². The highest BCUT2D eigenvalue weighted by Gasteiger charge is 2.11. The van der Waals surface area contributed by atoms with Gasteiger partial charge in [-0.05, 0) is 54.6 Å². The van der Waals surface area contributed by atoms with Crippen LogP contribution in [0.2, 0.25) is 5.15 Å². The Bertz CT molecular complexity index is 1190. The average molecular weight is 391 g/mol. The van der Waals surface area contributed by atoms with Crippen molar-refractivity contribution in [3.05, 3.63) is 89.3 Å². The van der Waals surface area contributed by atoms with Gasteiger partial charge in [-0.1, -0.05) is 23.7 Å². The first-order chi connectivity index (χ1) is 13.6. The molecule has 6 nitrogen and oxygen atoms in total. The van der Waals surface area contributed by atoms with Crippen LogP contribution in [-0.4, -0.2) is 21.8 Å². The number of hydrogen-bond donors (Lipinski definition) is 3. The van der Waals surface area contributed by atoms with Gasteiger partial charge in [0.1, 0.15) is 10.8 Å². The molecule has 0 radical (unpaired) electrons. The Morgan fingerprint density at radius 3 is 2.50 bits per heavy atom. The van der Waals surface area contributed by atoms with Gasteiger partial charge < -0.3 is 15.6 Å². The largest absolute Gasteiger partial charge is 0.361 e. The van der Waals surface area contributed by atoms with Crippen molar-refractivity contribution in [1.29, 1.82) is 0 Å². The first-order valence-electron chi connectivity index (χ1n) is 8.51. The molecular weight excluding hydrogens is 376 g/mol. The smallest absolute Gasteiger partial charge is 0.274 e. The number of nitrogens with one attached hydrogen (secondary N) is 3. The van der Waals surface area contributed by atoms with Gasteiger partial charge in [-0.25, -0.2) is 4.98 Å². The first kappa shape index (κ1) is 17.8. The number of nitrogens with zero attached hydrogens (tertiary/aromatic N) is 1. The fourth-order valence-corrected chi connectivity index (χ4v) is 2.97. The van der Waals surface area contributed by atoms with Crippen molar-refractivity contribution < 1.29 is 9.59 Å². The summed E-state index contributed by atoms with van der Waals surface area (Å²) in [5, 5.41) is 6.83. The van der Waals surface area contributed by atoms with Crippen LogP contribution >= 0.6 is 11.6 Å². The quantitative estimate of drug-likeness (QED) is 0.440. The number of aromatic nitrogens is 2. The normalized spacial score (nSPS) is 10.6. The lowest BCUT2D eigenvalue weighted by molar-refractivity contribution is 0.101. The number of carbonyl (C=O) groups is 2. The second kappa shape index (κ2) is 7.54. The van der Waals surface area contributed by atoms with Crippen LogP contribution in [-0.2, 0) is 0 Å². The van der Waals surface area contributed by atoms with Gasteiger partial charge in [0.05, 0.1) is 0 Å². The molecule has 0 atom stereocenters. The van der Waals surface area contributed by atoms with Crippen LogP contribution in [0.15, 0.2) is 72.9 Å². The topological polar surface area (TPSA) is 86.9 Å². The maximum atomic E-state index is 12.6. The number of rotatable bonds is 4. The van der Waals surface area contributed by atoms with Crippen molar-refractivity contribution >= 4 is 45.7 Å². The second-order valence-corrected chi connectivity index (χ2v) is 6.50. The van der Waals surface area contributed by atoms with E-state index in [2.05, 4.69) is 20.6 Å². The van der Waals surface area contributed by atoms with Crippen LogP contribution in [0.5, 0.6) is 0 Å². The fourth-order valence-electron chi connectivity index (χ4n) is 2.80. The summed E-state index contributed by atoms with van der Waals surface area (Å²) in [6, 6.07) is 19.0. The Morgan fingerprint density at radius 2 is 1.64 bits per heavy atom. The molecule has 2 aromatic heterocycles. The number of H-pyrrole nitrogens is 1. The van der Waals surface area contributed by atoms with E-state index in [4.69, 9.17) is 11.6 Å². The molecule has 4 aromatic rings. The van der Waals surface area contributed by atoms with Gasteiger partial charge in [0.15, 0.2) is 0 Å². The molecule has 2 heterocycles. The Morgan fingerprint density at radius 1 is 0.857 bits per heavy atom. The molecule has 28 heavy (non-hydrogen) atoms. The van der Waals surface area contributed by atoms with E-state index in [0.29, 0.717) is 16.9 Å². The summed E-state index contributed by atoms with van der Waals surface area (Å²) in [7, 11) is 0. The van der Waals surface area contributed by atoms with Gasteiger partial charge >= 0.3 is 0 Å². The highest BCUT2D eigenvalue weighted by atomic mass is 35.5. The first-order valence-corrected chi connectivity index (χ1v) is 8.89. The molecule has 0 saturated carbocycles. The summed E-state index contributed by atoms with van der Waals surface area (Å²) in [5.41, 5.74) is 2.79. The van der Waals surface area contributed by atoms with Crippen molar-refractivity contribution in [3.8, 4) is 0 Å². The zero-order chi connectivity index (χ0) is 19.5. The molecule has 2 aromatic carbocycles. The summed E-state index contributed by atoms with van der Waals surface area (Å²) in [5.74, 6) is -0.676. The Hall–Kier alpha value is -3.64. The Labute approximate surface area is 165 Å². The molecule has 3 N–H and O–H groups in total. The van der Waals surface area contributed by atoms with E-state index < -0.39 is 5.91 Å². The van der Waals surface area contributed by atoms with Gasteiger partial charge in [0.25, 0.3) is 11.8 Å². The van der Waals surface area contributed by atoms with Crippen LogP contribution in [0, 0.1) is 0 Å². The molecule has 0 unspecified atom stereocenters. The van der Waals surface area contributed by atoms with Crippen molar-refractivity contribution in [2.45, 2.75) is 0 Å². The lowest BCUT2D eigenvalue weighted by Crippen LogP contribution is -2.15. The van der Waals surface area contributed by atoms with E-state index in [1.165, 1.54) is 0 Å². The third-order valence-corrected chi connectivity index (χ3v) is 4.35. The van der Waals surface area contributed by atoms with Gasteiger partial charge in [0, 0.05) is 34.0 Å². The van der Waals surface area contributed by atoms with Gasteiger partial charge in [-0.15, -0.1) is 0 Å². The molecule has 0 saturated heterocycles. The predicted molar refractivity (Wildman–Crippen MR) is 110 cm³/mol. The number of fused-ring (bicyclic) bond motifs is 1. The molecule has 4 rings (SSSR count). The van der Waals surface area contributed by atoms with Crippen LogP contribution in [0.3, 0.4) is 0 Å². The van der Waals surface area contributed by atoms with Crippen LogP contribution < -0.4 is 10.6 Å². The highest BCUT2D eigenvalue weighted by molar-refractivity contribution is 6.29. The number of amides is 2. The minimum Gasteiger partial charge on any atom is -0.361 e. The maximum absolute atomic E-state index is 12.6. The highest BCUT2D eigenvalue weighted by Crippen LogP contribution is 2.19. The van der Waals surface area contributed by atoms with E-state index >= 15 is 0 Å². The van der Waals surface area contributed by atoms with Crippen LogP contribution in [0.1, 0.15) is 20.8 Å². The van der Waals surface area contributed by atoms with E-state index in [9.17, 15) is 9.59 Å². The van der Waals surface area contributed by atoms with Crippen LogP contribution in [0.25, 0.3) is 10.9 Å². The number of anilines is 2. The molecule has 0 aliphatic carbocycles. The summed E-state index contributed by atoms with van der Waals surface area (Å²) in [4.78, 5) is 32.0. The van der Waals surface area contributed by atoms with E-state index in [0.717, 1.165) is 10.9 Å². The van der Waals surface area contributed by atoms with E-state index in [1.54, 1.807) is 42.5 Å². The lowest BCUT2D eigenvalue weighted by atomic mass is 10.1. The summed E-state index contributed by atoms with van der Waals surface area (Å²) in [6.45, 7) is 0. The van der Waals surface area contributed by atoms with Gasteiger partial charge in [0.2, 0.25) is 0 Å². The molecule has 0 spiro atoms. The number of pyridine rings is 1. The Balaban J connectivity index is 1.49. The summed E-state index contributed by atoms with van der Waals surface area (Å²) >= 11 is 5.82. The number of hydrogen-bond acceptors (Lipinski definition) is 3. The zero-order valence-corrected chi connectivity index (χ0v) is 15.3. The molecule has 0 aliphatic rings. The maximum Gasteiger partial charge on any atom is 0.274 e. The average Bonchev–Trinajstić information content (AvgIpc) is 3.16. The number of benzene rings is 2. The van der Waals surface area contributed by atoms with Crippen LogP contribution in [0.4, 0.5) is 11.4 Å². The number of aromatic amines is 1. The van der Waals surface area contributed by atoms with Crippen molar-refractivity contribution in [2.75, 3.05) is 10.6 Å². The molecule has 138 valence electrons. The van der Waals surface area contributed by atoms with Crippen molar-refractivity contribution in [3.63, 3.8) is 0 Å². The Kier molecular flexibility index (Phi) is 4.78. The van der Waals surface area contributed by atoms with Crippen molar-refractivity contribution in [2.24, 2.45) is 0 Å².